The zero-order chi connectivity index (χ0) is 12.8. The lowest BCUT2D eigenvalue weighted by molar-refractivity contribution is -0.141. The molecule has 0 amide bonds. The number of nitrogen functional groups attached to an aromatic ring is 1. The second-order valence-corrected chi connectivity index (χ2v) is 3.38. The van der Waals surface area contributed by atoms with Crippen LogP contribution < -0.4 is 11.3 Å². The van der Waals surface area contributed by atoms with E-state index in [4.69, 9.17) is 10.6 Å². The van der Waals surface area contributed by atoms with E-state index in [1.807, 2.05) is 0 Å². The first kappa shape index (κ1) is 12.9. The van der Waals surface area contributed by atoms with Gasteiger partial charge in [-0.25, -0.2) is 10.1 Å². The maximum atomic E-state index is 11.1. The van der Waals surface area contributed by atoms with Gasteiger partial charge in [-0.05, 0) is 20.8 Å². The third-order valence-corrected chi connectivity index (χ3v) is 1.92. The number of anilines is 1. The number of hydrogen-bond acceptors (Lipinski definition) is 7. The molecule has 3 N–H and O–H groups in total. The van der Waals surface area contributed by atoms with Gasteiger partial charge in [0.15, 0.2) is 5.82 Å². The summed E-state index contributed by atoms with van der Waals surface area (Å²) in [6.07, 6.45) is 0.124. The standard InChI is InChI=1S/C9H16N6O2/c1-4-17-8(16)5-6(2)11-13-9-14-12-7(3)15(9)10/h4-5,10H2,1-3H3,(H,13,14). The predicted octanol–water partition coefficient (Wildman–Crippen LogP) is 0.0413. The fourth-order valence-electron chi connectivity index (χ4n) is 1.05. The molecule has 0 aliphatic rings. The van der Waals surface area contributed by atoms with Crippen molar-refractivity contribution in [1.82, 2.24) is 14.9 Å². The highest BCUT2D eigenvalue weighted by Gasteiger charge is 2.06. The number of hydrazone groups is 1. The summed E-state index contributed by atoms with van der Waals surface area (Å²) in [7, 11) is 0. The Hall–Kier alpha value is -2.12. The van der Waals surface area contributed by atoms with Gasteiger partial charge in [-0.3, -0.25) is 4.79 Å². The van der Waals surface area contributed by atoms with Crippen molar-refractivity contribution in [3.05, 3.63) is 5.82 Å². The molecule has 1 rings (SSSR count). The number of nitrogens with two attached hydrogens (primary N) is 1. The Bertz CT molecular complexity index is 425. The zero-order valence-corrected chi connectivity index (χ0v) is 10.1. The molecule has 8 heteroatoms. The van der Waals surface area contributed by atoms with Crippen LogP contribution in [-0.2, 0) is 9.53 Å². The molecule has 0 saturated carbocycles. The van der Waals surface area contributed by atoms with Gasteiger partial charge in [-0.15, -0.1) is 10.2 Å². The van der Waals surface area contributed by atoms with E-state index in [2.05, 4.69) is 20.7 Å². The van der Waals surface area contributed by atoms with Gasteiger partial charge in [0, 0.05) is 5.71 Å². The molecule has 1 heterocycles. The van der Waals surface area contributed by atoms with Crippen molar-refractivity contribution in [2.45, 2.75) is 27.2 Å². The van der Waals surface area contributed by atoms with Crippen LogP contribution >= 0.6 is 0 Å². The summed E-state index contributed by atoms with van der Waals surface area (Å²) in [5.74, 6) is 6.16. The third kappa shape index (κ3) is 3.74. The second-order valence-electron chi connectivity index (χ2n) is 3.38. The van der Waals surface area contributed by atoms with E-state index in [-0.39, 0.29) is 12.4 Å². The van der Waals surface area contributed by atoms with Crippen molar-refractivity contribution in [2.75, 3.05) is 17.9 Å². The summed E-state index contributed by atoms with van der Waals surface area (Å²) in [5.41, 5.74) is 3.20. The Balaban J connectivity index is 2.53. The number of esters is 1. The number of hydrogen-bond donors (Lipinski definition) is 2. The van der Waals surface area contributed by atoms with Gasteiger partial charge >= 0.3 is 5.97 Å². The Morgan fingerprint density at radius 3 is 2.82 bits per heavy atom. The maximum Gasteiger partial charge on any atom is 0.311 e. The SMILES string of the molecule is CCOC(=O)CC(C)=NNc1nnc(C)n1N. The molecule has 0 radical (unpaired) electrons. The number of nitrogens with one attached hydrogen (secondary N) is 1. The van der Waals surface area contributed by atoms with Crippen LogP contribution in [0.3, 0.4) is 0 Å². The number of aryl methyl sites for hydroxylation is 1. The van der Waals surface area contributed by atoms with Crippen LogP contribution in [0.15, 0.2) is 5.10 Å². The molecule has 8 nitrogen and oxygen atoms in total. The van der Waals surface area contributed by atoms with Crippen molar-refractivity contribution in [3.8, 4) is 0 Å². The van der Waals surface area contributed by atoms with Crippen LogP contribution in [0.4, 0.5) is 5.95 Å². The Labute approximate surface area is 98.8 Å². The Kier molecular flexibility index (Phi) is 4.44. The number of rotatable bonds is 5. The largest absolute Gasteiger partial charge is 0.466 e. The van der Waals surface area contributed by atoms with E-state index in [1.54, 1.807) is 20.8 Å². The van der Waals surface area contributed by atoms with Gasteiger partial charge < -0.3 is 10.6 Å². The van der Waals surface area contributed by atoms with E-state index < -0.39 is 0 Å². The Morgan fingerprint density at radius 1 is 1.59 bits per heavy atom. The van der Waals surface area contributed by atoms with Gasteiger partial charge in [0.1, 0.15) is 0 Å². The van der Waals surface area contributed by atoms with Gasteiger partial charge in [0.05, 0.1) is 13.0 Å². The lowest BCUT2D eigenvalue weighted by Crippen LogP contribution is -2.15. The molecule has 0 aromatic carbocycles. The lowest BCUT2D eigenvalue weighted by Gasteiger charge is -2.03. The minimum absolute atomic E-state index is 0.124. The summed E-state index contributed by atoms with van der Waals surface area (Å²) in [5, 5.41) is 11.5. The topological polar surface area (TPSA) is 107 Å². The van der Waals surface area contributed by atoms with Crippen LogP contribution in [0.25, 0.3) is 0 Å². The van der Waals surface area contributed by atoms with Crippen LogP contribution in [0.2, 0.25) is 0 Å². The van der Waals surface area contributed by atoms with Gasteiger partial charge in [-0.2, -0.15) is 5.10 Å². The third-order valence-electron chi connectivity index (χ3n) is 1.92. The number of nitrogens with zero attached hydrogens (tertiary/aromatic N) is 4. The summed E-state index contributed by atoms with van der Waals surface area (Å²) in [4.78, 5) is 11.1. The van der Waals surface area contributed by atoms with Crippen LogP contribution in [-0.4, -0.2) is 33.2 Å². The number of ether oxygens (including phenoxy) is 1. The van der Waals surface area contributed by atoms with Crippen LogP contribution in [0.5, 0.6) is 0 Å². The van der Waals surface area contributed by atoms with E-state index in [0.29, 0.717) is 24.1 Å². The molecule has 17 heavy (non-hydrogen) atoms. The first-order valence-corrected chi connectivity index (χ1v) is 5.16. The van der Waals surface area contributed by atoms with E-state index >= 15 is 0 Å². The first-order valence-electron chi connectivity index (χ1n) is 5.16. The van der Waals surface area contributed by atoms with Crippen molar-refractivity contribution in [1.29, 1.82) is 0 Å². The highest BCUT2D eigenvalue weighted by molar-refractivity contribution is 5.97. The van der Waals surface area contributed by atoms with Crippen molar-refractivity contribution in [2.24, 2.45) is 5.10 Å². The smallest absolute Gasteiger partial charge is 0.311 e. The van der Waals surface area contributed by atoms with Gasteiger partial charge in [0.2, 0.25) is 0 Å². The van der Waals surface area contributed by atoms with E-state index in [1.165, 1.54) is 4.68 Å². The molecular weight excluding hydrogens is 224 g/mol. The highest BCUT2D eigenvalue weighted by Crippen LogP contribution is 2.01. The summed E-state index contributed by atoms with van der Waals surface area (Å²) in [6.45, 7) is 5.53. The molecule has 0 spiro atoms. The molecule has 0 atom stereocenters. The zero-order valence-electron chi connectivity index (χ0n) is 10.1. The molecule has 1 aromatic heterocycles. The minimum Gasteiger partial charge on any atom is -0.466 e. The number of carbonyl (C=O) groups is 1. The molecule has 0 bridgehead atoms. The maximum absolute atomic E-state index is 11.1. The summed E-state index contributed by atoms with van der Waals surface area (Å²) < 4.78 is 6.05. The Morgan fingerprint density at radius 2 is 2.29 bits per heavy atom. The molecule has 0 saturated heterocycles. The molecular formula is C9H16N6O2. The average molecular weight is 240 g/mol. The van der Waals surface area contributed by atoms with Gasteiger partial charge in [0.25, 0.3) is 5.95 Å². The predicted molar refractivity (Wildman–Crippen MR) is 62.9 cm³/mol. The fraction of sp³-hybridized carbons (Fsp3) is 0.556. The summed E-state index contributed by atoms with van der Waals surface area (Å²) >= 11 is 0. The minimum atomic E-state index is -0.319. The van der Waals surface area contributed by atoms with Crippen LogP contribution in [0, 0.1) is 6.92 Å². The van der Waals surface area contributed by atoms with Gasteiger partial charge in [-0.1, -0.05) is 0 Å². The molecule has 0 unspecified atom stereocenters. The highest BCUT2D eigenvalue weighted by atomic mass is 16.5. The first-order chi connectivity index (χ1) is 8.04. The number of aromatic nitrogens is 3. The molecule has 0 aliphatic heterocycles. The van der Waals surface area contributed by atoms with E-state index in [9.17, 15) is 4.79 Å². The quantitative estimate of drug-likeness (QED) is 0.325. The van der Waals surface area contributed by atoms with Crippen molar-refractivity contribution < 1.29 is 9.53 Å². The molecule has 1 aromatic rings. The van der Waals surface area contributed by atoms with Crippen LogP contribution in [0.1, 0.15) is 26.1 Å². The van der Waals surface area contributed by atoms with E-state index in [0.717, 1.165) is 0 Å². The average Bonchev–Trinajstić information content (AvgIpc) is 2.57. The molecule has 94 valence electrons. The number of carbonyl (C=O) groups excluding carboxylic acids is 1. The fourth-order valence-corrected chi connectivity index (χ4v) is 1.05. The monoisotopic (exact) mass is 240 g/mol. The normalized spacial score (nSPS) is 11.4. The molecule has 0 aliphatic carbocycles. The van der Waals surface area contributed by atoms with Crippen molar-refractivity contribution >= 4 is 17.6 Å². The van der Waals surface area contributed by atoms with Crippen molar-refractivity contribution in [3.63, 3.8) is 0 Å². The lowest BCUT2D eigenvalue weighted by atomic mass is 10.3. The summed E-state index contributed by atoms with van der Waals surface area (Å²) in [6, 6.07) is 0. The second kappa shape index (κ2) is 5.83. The molecule has 0 fully saturated rings.